The molecular formula is C14H17N3O3S. The summed E-state index contributed by atoms with van der Waals surface area (Å²) in [7, 11) is 0. The minimum atomic E-state index is -0.724. The van der Waals surface area contributed by atoms with Crippen molar-refractivity contribution in [1.29, 1.82) is 0 Å². The third-order valence-corrected chi connectivity index (χ3v) is 5.04. The number of aryl methyl sites for hydroxylation is 1. The molecule has 1 aromatic heterocycles. The van der Waals surface area contributed by atoms with Gasteiger partial charge in [-0.1, -0.05) is 19.8 Å². The minimum Gasteiger partial charge on any atom is -0.263 e. The van der Waals surface area contributed by atoms with Crippen LogP contribution in [0.25, 0.3) is 0 Å². The van der Waals surface area contributed by atoms with Crippen LogP contribution in [0.2, 0.25) is 0 Å². The summed E-state index contributed by atoms with van der Waals surface area (Å²) in [6.45, 7) is 2.09. The summed E-state index contributed by atoms with van der Waals surface area (Å²) in [5.41, 5.74) is 0.666. The molecule has 1 aliphatic carbocycles. The summed E-state index contributed by atoms with van der Waals surface area (Å²) >= 11 is 1.50. The highest BCUT2D eigenvalue weighted by molar-refractivity contribution is 7.09. The highest BCUT2D eigenvalue weighted by Crippen LogP contribution is 2.28. The zero-order chi connectivity index (χ0) is 15.0. The molecule has 0 aromatic carbocycles. The van der Waals surface area contributed by atoms with Gasteiger partial charge in [0.15, 0.2) is 0 Å². The zero-order valence-electron chi connectivity index (χ0n) is 11.9. The number of rotatable bonds is 4. The maximum Gasteiger partial charge on any atom is 0.334 e. The first kappa shape index (κ1) is 14.2. The van der Waals surface area contributed by atoms with Gasteiger partial charge in [-0.2, -0.15) is 0 Å². The predicted molar refractivity (Wildman–Crippen MR) is 76.5 cm³/mol. The maximum atomic E-state index is 12.4. The van der Waals surface area contributed by atoms with Gasteiger partial charge in [-0.25, -0.2) is 14.7 Å². The number of urea groups is 1. The number of nitrogens with zero attached hydrogens (tertiary/aromatic N) is 3. The van der Waals surface area contributed by atoms with E-state index in [-0.39, 0.29) is 12.6 Å². The Labute approximate surface area is 126 Å². The molecule has 0 N–H and O–H groups in total. The van der Waals surface area contributed by atoms with Crippen molar-refractivity contribution < 1.29 is 14.4 Å². The molecule has 1 aliphatic heterocycles. The van der Waals surface area contributed by atoms with E-state index in [9.17, 15) is 14.4 Å². The molecule has 6 nitrogen and oxygen atoms in total. The zero-order valence-corrected chi connectivity index (χ0v) is 12.7. The number of carbonyl (C=O) groups is 3. The molecule has 21 heavy (non-hydrogen) atoms. The second-order valence-corrected chi connectivity index (χ2v) is 6.32. The van der Waals surface area contributed by atoms with Crippen LogP contribution in [-0.2, 0) is 22.6 Å². The molecule has 2 aliphatic rings. The van der Waals surface area contributed by atoms with Crippen molar-refractivity contribution in [2.45, 2.75) is 51.6 Å². The van der Waals surface area contributed by atoms with E-state index in [0.29, 0.717) is 5.69 Å². The van der Waals surface area contributed by atoms with Gasteiger partial charge >= 0.3 is 17.8 Å². The lowest BCUT2D eigenvalue weighted by atomic mass is 10.2. The van der Waals surface area contributed by atoms with Crippen LogP contribution < -0.4 is 0 Å². The third kappa shape index (κ3) is 2.46. The Balaban J connectivity index is 1.77. The van der Waals surface area contributed by atoms with Gasteiger partial charge in [0.05, 0.1) is 17.2 Å². The molecular weight excluding hydrogens is 290 g/mol. The summed E-state index contributed by atoms with van der Waals surface area (Å²) in [5, 5.41) is 2.80. The molecule has 0 radical (unpaired) electrons. The van der Waals surface area contributed by atoms with E-state index in [1.165, 1.54) is 11.3 Å². The SMILES string of the molecule is CCc1nc(CN2C(=O)C(=O)N(C3CCCC3)C2=O)cs1. The fourth-order valence-corrected chi connectivity index (χ4v) is 3.63. The fraction of sp³-hybridized carbons (Fsp3) is 0.571. The van der Waals surface area contributed by atoms with E-state index in [4.69, 9.17) is 0 Å². The Bertz CT molecular complexity index is 592. The Morgan fingerprint density at radius 1 is 1.24 bits per heavy atom. The molecule has 1 saturated carbocycles. The lowest BCUT2D eigenvalue weighted by Crippen LogP contribution is -2.39. The van der Waals surface area contributed by atoms with Gasteiger partial charge in [-0.05, 0) is 19.3 Å². The van der Waals surface area contributed by atoms with Gasteiger partial charge in [0, 0.05) is 11.4 Å². The second-order valence-electron chi connectivity index (χ2n) is 5.37. The molecule has 4 amide bonds. The van der Waals surface area contributed by atoms with Crippen molar-refractivity contribution in [2.24, 2.45) is 0 Å². The van der Waals surface area contributed by atoms with Crippen LogP contribution in [0.5, 0.6) is 0 Å². The van der Waals surface area contributed by atoms with Gasteiger partial charge in [-0.15, -0.1) is 11.3 Å². The lowest BCUT2D eigenvalue weighted by molar-refractivity contribution is -0.144. The maximum absolute atomic E-state index is 12.4. The fourth-order valence-electron chi connectivity index (χ4n) is 2.89. The standard InChI is InChI=1S/C14H17N3O3S/c1-2-11-15-9(8-21-11)7-16-12(18)13(19)17(14(16)20)10-5-3-4-6-10/h8,10H,2-7H2,1H3. The van der Waals surface area contributed by atoms with E-state index < -0.39 is 17.8 Å². The normalized spacial score (nSPS) is 20.1. The van der Waals surface area contributed by atoms with E-state index in [1.54, 1.807) is 0 Å². The number of carbonyl (C=O) groups excluding carboxylic acids is 3. The van der Waals surface area contributed by atoms with Crippen LogP contribution in [0.4, 0.5) is 4.79 Å². The van der Waals surface area contributed by atoms with Gasteiger partial charge in [-0.3, -0.25) is 14.5 Å². The Morgan fingerprint density at radius 3 is 2.57 bits per heavy atom. The summed E-state index contributed by atoms with van der Waals surface area (Å²) in [4.78, 5) is 43.0. The number of aromatic nitrogens is 1. The molecule has 3 rings (SSSR count). The van der Waals surface area contributed by atoms with Gasteiger partial charge in [0.1, 0.15) is 0 Å². The van der Waals surface area contributed by atoms with Crippen LogP contribution in [-0.4, -0.2) is 38.7 Å². The van der Waals surface area contributed by atoms with Crippen molar-refractivity contribution in [3.63, 3.8) is 0 Å². The molecule has 2 fully saturated rings. The highest BCUT2D eigenvalue weighted by Gasteiger charge is 2.48. The van der Waals surface area contributed by atoms with Gasteiger partial charge in [0.2, 0.25) is 0 Å². The van der Waals surface area contributed by atoms with Crippen LogP contribution in [0.15, 0.2) is 5.38 Å². The number of hydrogen-bond acceptors (Lipinski definition) is 5. The molecule has 2 heterocycles. The first-order valence-electron chi connectivity index (χ1n) is 7.24. The monoisotopic (exact) mass is 307 g/mol. The summed E-state index contributed by atoms with van der Waals surface area (Å²) in [6, 6.07) is -0.594. The van der Waals surface area contributed by atoms with Crippen molar-refractivity contribution >= 4 is 29.2 Å². The Hall–Kier alpha value is -1.76. The topological polar surface area (TPSA) is 70.6 Å². The number of hydrogen-bond donors (Lipinski definition) is 0. The molecule has 1 saturated heterocycles. The molecule has 0 atom stereocenters. The summed E-state index contributed by atoms with van der Waals surface area (Å²) in [5.74, 6) is -1.41. The second kappa shape index (κ2) is 5.55. The number of amides is 4. The van der Waals surface area contributed by atoms with Crippen LogP contribution in [0.1, 0.15) is 43.3 Å². The van der Waals surface area contributed by atoms with Crippen LogP contribution in [0.3, 0.4) is 0 Å². The van der Waals surface area contributed by atoms with E-state index in [0.717, 1.165) is 46.9 Å². The molecule has 0 unspecified atom stereocenters. The average molecular weight is 307 g/mol. The smallest absolute Gasteiger partial charge is 0.263 e. The highest BCUT2D eigenvalue weighted by atomic mass is 32.1. The van der Waals surface area contributed by atoms with Crippen LogP contribution in [0, 0.1) is 0 Å². The average Bonchev–Trinajstić information content (AvgIpc) is 3.18. The molecule has 7 heteroatoms. The van der Waals surface area contributed by atoms with Crippen molar-refractivity contribution in [1.82, 2.24) is 14.8 Å². The minimum absolute atomic E-state index is 0.0864. The van der Waals surface area contributed by atoms with Crippen molar-refractivity contribution in [3.8, 4) is 0 Å². The number of thiazole rings is 1. The van der Waals surface area contributed by atoms with Gasteiger partial charge in [0.25, 0.3) is 0 Å². The van der Waals surface area contributed by atoms with Crippen molar-refractivity contribution in [3.05, 3.63) is 16.1 Å². The predicted octanol–water partition coefficient (Wildman–Crippen LogP) is 1.94. The molecule has 1 aromatic rings. The quantitative estimate of drug-likeness (QED) is 0.629. The number of imide groups is 2. The van der Waals surface area contributed by atoms with Crippen molar-refractivity contribution in [2.75, 3.05) is 0 Å². The first-order valence-corrected chi connectivity index (χ1v) is 8.12. The Morgan fingerprint density at radius 2 is 1.95 bits per heavy atom. The lowest BCUT2D eigenvalue weighted by Gasteiger charge is -2.20. The largest absolute Gasteiger partial charge is 0.334 e. The van der Waals surface area contributed by atoms with Gasteiger partial charge < -0.3 is 0 Å². The molecule has 0 spiro atoms. The third-order valence-electron chi connectivity index (χ3n) is 4.00. The van der Waals surface area contributed by atoms with E-state index in [2.05, 4.69) is 4.98 Å². The first-order chi connectivity index (χ1) is 10.1. The molecule has 112 valence electrons. The Kier molecular flexibility index (Phi) is 3.75. The van der Waals surface area contributed by atoms with Crippen LogP contribution >= 0.6 is 11.3 Å². The summed E-state index contributed by atoms with van der Waals surface area (Å²) in [6.07, 6.45) is 4.42. The van der Waals surface area contributed by atoms with E-state index in [1.807, 2.05) is 12.3 Å². The molecule has 0 bridgehead atoms. The summed E-state index contributed by atoms with van der Waals surface area (Å²) < 4.78 is 0. The van der Waals surface area contributed by atoms with E-state index >= 15 is 0 Å².